The fraction of sp³-hybridized carbons (Fsp3) is 0.333. The number of halogens is 1. The summed E-state index contributed by atoms with van der Waals surface area (Å²) in [5, 5.41) is 10.4. The van der Waals surface area contributed by atoms with Gasteiger partial charge < -0.3 is 14.3 Å². The quantitative estimate of drug-likeness (QED) is 0.919. The molecule has 0 radical (unpaired) electrons. The highest BCUT2D eigenvalue weighted by Crippen LogP contribution is 2.32. The van der Waals surface area contributed by atoms with Crippen molar-refractivity contribution < 1.29 is 14.3 Å². The maximum Gasteiger partial charge on any atom is 0.133 e. The number of hydrogen-bond acceptors (Lipinski definition) is 3. The number of aliphatic hydroxyl groups is 1. The summed E-state index contributed by atoms with van der Waals surface area (Å²) in [5.41, 5.74) is 1.60. The van der Waals surface area contributed by atoms with Crippen molar-refractivity contribution in [3.63, 3.8) is 0 Å². The number of aryl methyl sites for hydroxylation is 2. The predicted octanol–water partition coefficient (Wildman–Crippen LogP) is 4.14. The summed E-state index contributed by atoms with van der Waals surface area (Å²) >= 11 is 3.45. The monoisotopic (exact) mass is 324 g/mol. The van der Waals surface area contributed by atoms with E-state index in [0.29, 0.717) is 6.61 Å². The average Bonchev–Trinajstić information content (AvgIpc) is 2.70. The Kier molecular flexibility index (Phi) is 4.32. The number of rotatable bonds is 4. The molecule has 1 aromatic heterocycles. The predicted molar refractivity (Wildman–Crippen MR) is 77.6 cm³/mol. The maximum atomic E-state index is 10.4. The van der Waals surface area contributed by atoms with Crippen LogP contribution in [-0.2, 0) is 0 Å². The van der Waals surface area contributed by atoms with Crippen LogP contribution in [0.25, 0.3) is 0 Å². The largest absolute Gasteiger partial charge is 0.493 e. The van der Waals surface area contributed by atoms with Crippen LogP contribution in [0, 0.1) is 13.8 Å². The molecule has 19 heavy (non-hydrogen) atoms. The molecule has 2 rings (SSSR count). The van der Waals surface area contributed by atoms with Crippen LogP contribution in [0.15, 0.2) is 33.2 Å². The molecule has 0 aliphatic heterocycles. The minimum atomic E-state index is -0.690. The van der Waals surface area contributed by atoms with Crippen molar-refractivity contribution in [2.75, 3.05) is 6.61 Å². The number of benzene rings is 1. The highest BCUT2D eigenvalue weighted by Gasteiger charge is 2.17. The van der Waals surface area contributed by atoms with Gasteiger partial charge in [-0.3, -0.25) is 0 Å². The molecular weight excluding hydrogens is 308 g/mol. The molecule has 0 aliphatic rings. The lowest BCUT2D eigenvalue weighted by Gasteiger charge is -2.12. The molecule has 1 atom stereocenters. The lowest BCUT2D eigenvalue weighted by molar-refractivity contribution is 0.217. The third kappa shape index (κ3) is 3.01. The van der Waals surface area contributed by atoms with Crippen LogP contribution in [0.2, 0.25) is 0 Å². The fourth-order valence-electron chi connectivity index (χ4n) is 2.06. The summed E-state index contributed by atoms with van der Waals surface area (Å²) in [6.07, 6.45) is -0.690. The topological polar surface area (TPSA) is 42.6 Å². The highest BCUT2D eigenvalue weighted by atomic mass is 79.9. The van der Waals surface area contributed by atoms with E-state index in [4.69, 9.17) is 9.15 Å². The maximum absolute atomic E-state index is 10.4. The van der Waals surface area contributed by atoms with Gasteiger partial charge in [0.15, 0.2) is 0 Å². The molecule has 1 unspecified atom stereocenters. The van der Waals surface area contributed by atoms with Crippen molar-refractivity contribution >= 4 is 15.9 Å². The Labute approximate surface area is 121 Å². The van der Waals surface area contributed by atoms with Gasteiger partial charge in [-0.15, -0.1) is 0 Å². The molecular formula is C15H17BrO3. The van der Waals surface area contributed by atoms with E-state index in [9.17, 15) is 5.11 Å². The molecule has 1 heterocycles. The van der Waals surface area contributed by atoms with Crippen molar-refractivity contribution in [2.24, 2.45) is 0 Å². The Morgan fingerprint density at radius 2 is 2.05 bits per heavy atom. The Hall–Kier alpha value is -1.26. The molecule has 0 fully saturated rings. The van der Waals surface area contributed by atoms with Gasteiger partial charge in [-0.25, -0.2) is 0 Å². The zero-order valence-corrected chi connectivity index (χ0v) is 12.8. The first-order chi connectivity index (χ1) is 9.02. The summed E-state index contributed by atoms with van der Waals surface area (Å²) < 4.78 is 11.7. The summed E-state index contributed by atoms with van der Waals surface area (Å²) in [4.78, 5) is 0. The summed E-state index contributed by atoms with van der Waals surface area (Å²) in [6.45, 7) is 6.28. The molecule has 0 saturated heterocycles. The van der Waals surface area contributed by atoms with Crippen LogP contribution < -0.4 is 4.74 Å². The fourth-order valence-corrected chi connectivity index (χ4v) is 2.57. The third-order valence-electron chi connectivity index (χ3n) is 2.95. The van der Waals surface area contributed by atoms with Crippen molar-refractivity contribution in [3.8, 4) is 5.75 Å². The Balaban J connectivity index is 2.31. The molecule has 1 aromatic carbocycles. The minimum Gasteiger partial charge on any atom is -0.493 e. The Bertz CT molecular complexity index is 575. The lowest BCUT2D eigenvalue weighted by atomic mass is 10.0. The van der Waals surface area contributed by atoms with E-state index in [1.165, 1.54) is 0 Å². The summed E-state index contributed by atoms with van der Waals surface area (Å²) in [7, 11) is 0. The normalized spacial score (nSPS) is 12.5. The molecule has 4 heteroatoms. The highest BCUT2D eigenvalue weighted by molar-refractivity contribution is 9.10. The average molecular weight is 325 g/mol. The van der Waals surface area contributed by atoms with Crippen LogP contribution in [0.4, 0.5) is 0 Å². The second kappa shape index (κ2) is 5.80. The first-order valence-corrected chi connectivity index (χ1v) is 6.99. The first-order valence-electron chi connectivity index (χ1n) is 6.20. The molecule has 3 nitrogen and oxygen atoms in total. The van der Waals surface area contributed by atoms with E-state index >= 15 is 0 Å². The number of aliphatic hydroxyl groups excluding tert-OH is 1. The molecule has 0 aliphatic carbocycles. The van der Waals surface area contributed by atoms with Crippen molar-refractivity contribution in [2.45, 2.75) is 26.9 Å². The van der Waals surface area contributed by atoms with Crippen molar-refractivity contribution in [1.82, 2.24) is 0 Å². The summed E-state index contributed by atoms with van der Waals surface area (Å²) in [5.74, 6) is 2.32. The van der Waals surface area contributed by atoms with E-state index in [0.717, 1.165) is 32.9 Å². The molecule has 0 bridgehead atoms. The van der Waals surface area contributed by atoms with Gasteiger partial charge in [0.25, 0.3) is 0 Å². The molecule has 1 N–H and O–H groups in total. The number of furan rings is 1. The van der Waals surface area contributed by atoms with Gasteiger partial charge in [0.05, 0.1) is 11.1 Å². The lowest BCUT2D eigenvalue weighted by Crippen LogP contribution is -2.01. The van der Waals surface area contributed by atoms with Gasteiger partial charge >= 0.3 is 0 Å². The van der Waals surface area contributed by atoms with E-state index < -0.39 is 6.10 Å². The van der Waals surface area contributed by atoms with Crippen LogP contribution in [0.1, 0.15) is 35.7 Å². The second-order valence-corrected chi connectivity index (χ2v) is 5.25. The Morgan fingerprint density at radius 3 is 2.58 bits per heavy atom. The molecule has 0 saturated carbocycles. The molecule has 0 amide bonds. The molecule has 2 aromatic rings. The Morgan fingerprint density at radius 1 is 1.32 bits per heavy atom. The van der Waals surface area contributed by atoms with Crippen molar-refractivity contribution in [1.29, 1.82) is 0 Å². The number of ether oxygens (including phenoxy) is 1. The van der Waals surface area contributed by atoms with E-state index in [2.05, 4.69) is 15.9 Å². The SMILES string of the molecule is CCOc1ccc(C(O)c2cc(C)oc2C)cc1Br. The smallest absolute Gasteiger partial charge is 0.133 e. The molecule has 102 valence electrons. The number of hydrogen-bond donors (Lipinski definition) is 1. The van der Waals surface area contributed by atoms with Gasteiger partial charge in [0.2, 0.25) is 0 Å². The van der Waals surface area contributed by atoms with Gasteiger partial charge in [-0.2, -0.15) is 0 Å². The minimum absolute atomic E-state index is 0.612. The van der Waals surface area contributed by atoms with Gasteiger partial charge in [0.1, 0.15) is 23.4 Å². The van der Waals surface area contributed by atoms with E-state index in [1.54, 1.807) is 0 Å². The van der Waals surface area contributed by atoms with Crippen LogP contribution in [0.5, 0.6) is 5.75 Å². The zero-order valence-electron chi connectivity index (χ0n) is 11.2. The zero-order chi connectivity index (χ0) is 14.0. The van der Waals surface area contributed by atoms with Gasteiger partial charge in [-0.1, -0.05) is 6.07 Å². The summed E-state index contributed by atoms with van der Waals surface area (Å²) in [6, 6.07) is 7.46. The van der Waals surface area contributed by atoms with Gasteiger partial charge in [0, 0.05) is 5.56 Å². The van der Waals surface area contributed by atoms with E-state index in [-0.39, 0.29) is 0 Å². The third-order valence-corrected chi connectivity index (χ3v) is 3.57. The molecule has 0 spiro atoms. The van der Waals surface area contributed by atoms with E-state index in [1.807, 2.05) is 45.0 Å². The van der Waals surface area contributed by atoms with Crippen LogP contribution in [-0.4, -0.2) is 11.7 Å². The van der Waals surface area contributed by atoms with Crippen LogP contribution in [0.3, 0.4) is 0 Å². The van der Waals surface area contributed by atoms with Crippen LogP contribution >= 0.6 is 15.9 Å². The first kappa shape index (κ1) is 14.2. The van der Waals surface area contributed by atoms with Crippen molar-refractivity contribution in [3.05, 3.63) is 51.4 Å². The standard InChI is InChI=1S/C15H17BrO3/c1-4-18-14-6-5-11(8-13(14)16)15(17)12-7-9(2)19-10(12)3/h5-8,15,17H,4H2,1-3H3. The van der Waals surface area contributed by atoms with Gasteiger partial charge in [-0.05, 0) is 60.5 Å². The second-order valence-electron chi connectivity index (χ2n) is 4.39.